The molecule has 0 aromatic rings. The van der Waals surface area contributed by atoms with Crippen LogP contribution in [0.5, 0.6) is 0 Å². The van der Waals surface area contributed by atoms with E-state index < -0.39 is 9.28 Å². The topological polar surface area (TPSA) is 9.72 Å². The molecule has 61 valence electrons. The Kier molecular flexibility index (Phi) is 4.11. The van der Waals surface area contributed by atoms with Crippen LogP contribution in [-0.2, 0) is 0 Å². The molecule has 0 aliphatic heterocycles. The molecule has 0 heterocycles. The second kappa shape index (κ2) is 4.08. The highest BCUT2D eigenvalue weighted by molar-refractivity contribution is 6.49. The molecule has 0 amide bonds. The summed E-state index contributed by atoms with van der Waals surface area (Å²) in [5.74, 6) is 0. The Morgan fingerprint density at radius 2 is 0.800 bits per heavy atom. The summed E-state index contributed by atoms with van der Waals surface area (Å²) in [6.45, 7) is 0. The molecule has 3 nitrogen and oxygen atoms in total. The van der Waals surface area contributed by atoms with E-state index in [0.717, 1.165) is 0 Å². The minimum absolute atomic E-state index is 0.596. The van der Waals surface area contributed by atoms with Crippen LogP contribution in [0.15, 0.2) is 0 Å². The maximum absolute atomic E-state index is 2.27. The standard InChI is InChI=1S/C6H18N3Si/c1-7(2)10(8(3)4)9(5)6/h1-6H3. The molecule has 10 heavy (non-hydrogen) atoms. The zero-order valence-electron chi connectivity index (χ0n) is 7.84. The average molecular weight is 160 g/mol. The van der Waals surface area contributed by atoms with Gasteiger partial charge in [-0.1, -0.05) is 0 Å². The molecule has 0 N–H and O–H groups in total. The monoisotopic (exact) mass is 160 g/mol. The van der Waals surface area contributed by atoms with E-state index in [1.54, 1.807) is 0 Å². The highest BCUT2D eigenvalue weighted by Gasteiger charge is 2.20. The minimum Gasteiger partial charge on any atom is -0.304 e. The predicted octanol–water partition coefficient (Wildman–Crippen LogP) is -0.344. The summed E-state index contributed by atoms with van der Waals surface area (Å²) in [5.41, 5.74) is 0. The van der Waals surface area contributed by atoms with Gasteiger partial charge in [0, 0.05) is 0 Å². The lowest BCUT2D eigenvalue weighted by Gasteiger charge is -2.31. The van der Waals surface area contributed by atoms with Crippen LogP contribution in [0.4, 0.5) is 0 Å². The third-order valence-electron chi connectivity index (χ3n) is 1.20. The van der Waals surface area contributed by atoms with Gasteiger partial charge in [0.15, 0.2) is 0 Å². The van der Waals surface area contributed by atoms with Gasteiger partial charge in [-0.25, -0.2) is 0 Å². The Balaban J connectivity index is 3.98. The predicted molar refractivity (Wildman–Crippen MR) is 46.8 cm³/mol. The molecule has 0 aliphatic carbocycles. The third-order valence-corrected chi connectivity index (χ3v) is 3.60. The van der Waals surface area contributed by atoms with E-state index in [2.05, 4.69) is 56.0 Å². The second-order valence-electron chi connectivity index (χ2n) is 2.98. The maximum atomic E-state index is 2.27. The van der Waals surface area contributed by atoms with Crippen molar-refractivity contribution in [3.8, 4) is 0 Å². The van der Waals surface area contributed by atoms with Crippen LogP contribution in [0.1, 0.15) is 0 Å². The summed E-state index contributed by atoms with van der Waals surface area (Å²) in [6, 6.07) is 0. The summed E-state index contributed by atoms with van der Waals surface area (Å²) in [6.07, 6.45) is 0. The molecule has 0 aromatic heterocycles. The lowest BCUT2D eigenvalue weighted by molar-refractivity contribution is 0.420. The van der Waals surface area contributed by atoms with Crippen molar-refractivity contribution in [1.82, 2.24) is 13.7 Å². The van der Waals surface area contributed by atoms with Crippen molar-refractivity contribution in [2.75, 3.05) is 42.3 Å². The van der Waals surface area contributed by atoms with E-state index in [0.29, 0.717) is 0 Å². The van der Waals surface area contributed by atoms with Crippen molar-refractivity contribution in [2.45, 2.75) is 0 Å². The van der Waals surface area contributed by atoms with Crippen LogP contribution in [0.2, 0.25) is 0 Å². The zero-order chi connectivity index (χ0) is 8.31. The van der Waals surface area contributed by atoms with Gasteiger partial charge in [-0.3, -0.25) is 0 Å². The lowest BCUT2D eigenvalue weighted by Crippen LogP contribution is -2.55. The SMILES string of the molecule is CN(C)[Si](N(C)C)N(C)C. The maximum Gasteiger partial charge on any atom is 0.326 e. The Morgan fingerprint density at radius 3 is 0.800 bits per heavy atom. The number of hydrogen-bond acceptors (Lipinski definition) is 3. The Hall–Kier alpha value is 0.0969. The van der Waals surface area contributed by atoms with E-state index >= 15 is 0 Å². The molecule has 0 fully saturated rings. The van der Waals surface area contributed by atoms with Crippen molar-refractivity contribution in [1.29, 1.82) is 0 Å². The highest BCUT2D eigenvalue weighted by atomic mass is 28.3. The Morgan fingerprint density at radius 1 is 0.600 bits per heavy atom. The summed E-state index contributed by atoms with van der Waals surface area (Å²) in [5, 5.41) is 0. The van der Waals surface area contributed by atoms with Crippen molar-refractivity contribution in [3.63, 3.8) is 0 Å². The molecule has 0 rings (SSSR count). The van der Waals surface area contributed by atoms with Crippen LogP contribution in [-0.4, -0.2) is 65.3 Å². The van der Waals surface area contributed by atoms with Crippen LogP contribution in [0.3, 0.4) is 0 Å². The van der Waals surface area contributed by atoms with Crippen LogP contribution in [0.25, 0.3) is 0 Å². The molecular weight excluding hydrogens is 142 g/mol. The van der Waals surface area contributed by atoms with Crippen molar-refractivity contribution >= 4 is 9.28 Å². The van der Waals surface area contributed by atoms with Crippen LogP contribution in [0, 0.1) is 0 Å². The molecule has 0 atom stereocenters. The number of nitrogens with zero attached hydrogens (tertiary/aromatic N) is 3. The Bertz CT molecular complexity index is 74.0. The van der Waals surface area contributed by atoms with Crippen LogP contribution >= 0.6 is 0 Å². The van der Waals surface area contributed by atoms with Gasteiger partial charge in [-0.05, 0) is 42.3 Å². The van der Waals surface area contributed by atoms with Gasteiger partial charge in [0.25, 0.3) is 0 Å². The smallest absolute Gasteiger partial charge is 0.304 e. The number of hydrogen-bond donors (Lipinski definition) is 0. The molecule has 0 saturated carbocycles. The van der Waals surface area contributed by atoms with E-state index in [-0.39, 0.29) is 0 Å². The van der Waals surface area contributed by atoms with Crippen molar-refractivity contribution < 1.29 is 0 Å². The molecule has 0 spiro atoms. The fourth-order valence-electron chi connectivity index (χ4n) is 1.20. The minimum atomic E-state index is -0.596. The normalized spacial score (nSPS) is 12.6. The first-order valence-corrected chi connectivity index (χ1v) is 4.70. The largest absolute Gasteiger partial charge is 0.326 e. The van der Waals surface area contributed by atoms with Gasteiger partial charge in [-0.15, -0.1) is 0 Å². The van der Waals surface area contributed by atoms with E-state index in [9.17, 15) is 0 Å². The first-order valence-electron chi connectivity index (χ1n) is 3.35. The summed E-state index contributed by atoms with van der Waals surface area (Å²) >= 11 is 0. The van der Waals surface area contributed by atoms with Gasteiger partial charge in [-0.2, -0.15) is 0 Å². The van der Waals surface area contributed by atoms with E-state index in [4.69, 9.17) is 0 Å². The molecular formula is C6H18N3Si. The summed E-state index contributed by atoms with van der Waals surface area (Å²) in [7, 11) is 12.1. The van der Waals surface area contributed by atoms with E-state index in [1.165, 1.54) is 0 Å². The molecule has 4 heteroatoms. The fourth-order valence-corrected chi connectivity index (χ4v) is 3.60. The van der Waals surface area contributed by atoms with E-state index in [1.807, 2.05) is 0 Å². The van der Waals surface area contributed by atoms with Gasteiger partial charge in [0.05, 0.1) is 0 Å². The molecule has 1 radical (unpaired) electrons. The molecule has 0 aromatic carbocycles. The average Bonchev–Trinajstić information content (AvgIpc) is 1.59. The van der Waals surface area contributed by atoms with Gasteiger partial charge >= 0.3 is 9.28 Å². The Labute approximate surface area is 66.1 Å². The van der Waals surface area contributed by atoms with Gasteiger partial charge in [0.1, 0.15) is 0 Å². The molecule has 0 aliphatic rings. The lowest BCUT2D eigenvalue weighted by atomic mass is 11.2. The first kappa shape index (κ1) is 10.1. The molecule has 0 saturated heterocycles. The van der Waals surface area contributed by atoms with Crippen molar-refractivity contribution in [2.24, 2.45) is 0 Å². The fraction of sp³-hybridized carbons (Fsp3) is 1.00. The first-order chi connectivity index (χ1) is 4.46. The highest BCUT2D eigenvalue weighted by Crippen LogP contribution is 1.93. The molecule has 0 unspecified atom stereocenters. The number of rotatable bonds is 3. The van der Waals surface area contributed by atoms with Gasteiger partial charge < -0.3 is 13.7 Å². The third kappa shape index (κ3) is 2.79. The van der Waals surface area contributed by atoms with Crippen molar-refractivity contribution in [3.05, 3.63) is 0 Å². The quantitative estimate of drug-likeness (QED) is 0.523. The summed E-state index contributed by atoms with van der Waals surface area (Å²) in [4.78, 5) is 0. The molecule has 0 bridgehead atoms. The zero-order valence-corrected chi connectivity index (χ0v) is 8.84. The summed E-state index contributed by atoms with van der Waals surface area (Å²) < 4.78 is 6.81. The van der Waals surface area contributed by atoms with Crippen LogP contribution < -0.4 is 0 Å². The van der Waals surface area contributed by atoms with Gasteiger partial charge in [0.2, 0.25) is 0 Å². The second-order valence-corrected chi connectivity index (χ2v) is 6.27.